The Morgan fingerprint density at radius 2 is 1.88 bits per heavy atom. The predicted octanol–water partition coefficient (Wildman–Crippen LogP) is 2.55. The third-order valence-corrected chi connectivity index (χ3v) is 1.93. The summed E-state index contributed by atoms with van der Waals surface area (Å²) in [6.07, 6.45) is 0.962. The van der Waals surface area contributed by atoms with Crippen LogP contribution in [-0.4, -0.2) is 17.6 Å². The summed E-state index contributed by atoms with van der Waals surface area (Å²) in [6.45, 7) is 1.63. The van der Waals surface area contributed by atoms with Gasteiger partial charge in [-0.2, -0.15) is 0 Å². The van der Waals surface area contributed by atoms with E-state index < -0.39 is 23.4 Å². The van der Waals surface area contributed by atoms with Gasteiger partial charge < -0.3 is 10.4 Å². The maximum atomic E-state index is 12.8. The molecule has 0 aliphatic heterocycles. The van der Waals surface area contributed by atoms with Crippen molar-refractivity contribution in [2.24, 2.45) is 0 Å². The first-order valence-electron chi connectivity index (χ1n) is 4.68. The van der Waals surface area contributed by atoms with Gasteiger partial charge in [0, 0.05) is 30.4 Å². The van der Waals surface area contributed by atoms with E-state index in [2.05, 4.69) is 5.32 Å². The number of carboxylic acid groups (broad SMARTS) is 1. The Bertz CT molecular complexity index is 449. The van der Waals surface area contributed by atoms with Crippen molar-refractivity contribution < 1.29 is 23.1 Å². The van der Waals surface area contributed by atoms with Crippen molar-refractivity contribution in [1.29, 1.82) is 0 Å². The zero-order chi connectivity index (χ0) is 13.0. The Hall–Kier alpha value is -1.98. The molecule has 0 atom stereocenters. The fraction of sp³-hybridized carbons (Fsp3) is 0.182. The first-order chi connectivity index (χ1) is 7.90. The number of carboxylic acids is 1. The average molecular weight is 245 g/mol. The lowest BCUT2D eigenvalue weighted by atomic mass is 10.2. The van der Waals surface area contributed by atoms with Crippen LogP contribution >= 0.6 is 0 Å². The molecule has 1 aromatic carbocycles. The second-order valence-electron chi connectivity index (χ2n) is 3.44. The molecule has 0 aromatic heterocycles. The number of aliphatic carboxylic acids is 1. The predicted molar refractivity (Wildman–Crippen MR) is 56.2 cm³/mol. The van der Waals surface area contributed by atoms with Crippen molar-refractivity contribution in [3.8, 4) is 0 Å². The molecule has 0 saturated heterocycles. The lowest BCUT2D eigenvalue weighted by molar-refractivity contribution is -0.131. The van der Waals surface area contributed by atoms with E-state index in [-0.39, 0.29) is 12.2 Å². The fourth-order valence-corrected chi connectivity index (χ4v) is 1.16. The van der Waals surface area contributed by atoms with Crippen LogP contribution < -0.4 is 5.32 Å². The topological polar surface area (TPSA) is 49.3 Å². The number of nitrogens with one attached hydrogen (secondary N) is 1. The van der Waals surface area contributed by atoms with Crippen LogP contribution in [-0.2, 0) is 4.79 Å². The van der Waals surface area contributed by atoms with Crippen molar-refractivity contribution in [3.63, 3.8) is 0 Å². The minimum Gasteiger partial charge on any atom is -0.478 e. The lowest BCUT2D eigenvalue weighted by Gasteiger charge is -2.07. The van der Waals surface area contributed by atoms with E-state index in [9.17, 15) is 18.0 Å². The molecule has 92 valence electrons. The molecule has 1 aromatic rings. The Morgan fingerprint density at radius 3 is 2.35 bits per heavy atom. The van der Waals surface area contributed by atoms with Gasteiger partial charge in [0.25, 0.3) is 0 Å². The molecule has 0 aliphatic carbocycles. The van der Waals surface area contributed by atoms with Gasteiger partial charge in [0.15, 0.2) is 17.5 Å². The molecule has 0 amide bonds. The molecule has 0 heterocycles. The van der Waals surface area contributed by atoms with E-state index in [0.29, 0.717) is 5.57 Å². The highest BCUT2D eigenvalue weighted by Gasteiger charge is 2.10. The highest BCUT2D eigenvalue weighted by Crippen LogP contribution is 2.17. The molecular weight excluding hydrogens is 235 g/mol. The Balaban J connectivity index is 2.74. The monoisotopic (exact) mass is 245 g/mol. The summed E-state index contributed by atoms with van der Waals surface area (Å²) in [5.74, 6) is -5.24. The number of benzene rings is 1. The molecular formula is C11H10F3NO2. The lowest BCUT2D eigenvalue weighted by Crippen LogP contribution is -2.06. The van der Waals surface area contributed by atoms with Gasteiger partial charge in [-0.25, -0.2) is 18.0 Å². The molecule has 0 bridgehead atoms. The highest BCUT2D eigenvalue weighted by molar-refractivity contribution is 5.80. The summed E-state index contributed by atoms with van der Waals surface area (Å²) in [5.41, 5.74) is 0.502. The minimum absolute atomic E-state index is 0.0412. The average Bonchev–Trinajstić information content (AvgIpc) is 2.22. The molecule has 0 aliphatic rings. The van der Waals surface area contributed by atoms with Crippen molar-refractivity contribution in [3.05, 3.63) is 41.2 Å². The summed E-state index contributed by atoms with van der Waals surface area (Å²) >= 11 is 0. The van der Waals surface area contributed by atoms with Crippen LogP contribution in [0.2, 0.25) is 0 Å². The van der Waals surface area contributed by atoms with Gasteiger partial charge in [-0.3, -0.25) is 0 Å². The van der Waals surface area contributed by atoms with Crippen LogP contribution in [0.1, 0.15) is 6.92 Å². The fourth-order valence-electron chi connectivity index (χ4n) is 1.16. The molecule has 0 spiro atoms. The molecule has 3 nitrogen and oxygen atoms in total. The van der Waals surface area contributed by atoms with Gasteiger partial charge in [0.2, 0.25) is 0 Å². The number of anilines is 1. The van der Waals surface area contributed by atoms with Crippen molar-refractivity contribution >= 4 is 11.7 Å². The second-order valence-corrected chi connectivity index (χ2v) is 3.44. The van der Waals surface area contributed by atoms with E-state index in [1.54, 1.807) is 0 Å². The smallest absolute Gasteiger partial charge is 0.328 e. The van der Waals surface area contributed by atoms with E-state index in [1.165, 1.54) is 6.92 Å². The first-order valence-corrected chi connectivity index (χ1v) is 4.68. The number of rotatable bonds is 4. The molecule has 2 N–H and O–H groups in total. The highest BCUT2D eigenvalue weighted by atomic mass is 19.2. The van der Waals surface area contributed by atoms with Crippen LogP contribution in [0, 0.1) is 17.5 Å². The SMILES string of the molecule is C/C(=C/C(=O)O)CNc1cc(F)c(F)c(F)c1. The molecule has 6 heteroatoms. The molecule has 0 fully saturated rings. The summed E-state index contributed by atoms with van der Waals surface area (Å²) in [7, 11) is 0. The number of hydrogen-bond donors (Lipinski definition) is 2. The Kier molecular flexibility index (Phi) is 4.14. The maximum absolute atomic E-state index is 12.8. The first kappa shape index (κ1) is 13.1. The minimum atomic E-state index is -1.53. The largest absolute Gasteiger partial charge is 0.478 e. The van der Waals surface area contributed by atoms with Crippen molar-refractivity contribution in [1.82, 2.24) is 0 Å². The maximum Gasteiger partial charge on any atom is 0.328 e. The standard InChI is InChI=1S/C11H10F3NO2/c1-6(2-10(16)17)5-15-7-3-8(12)11(14)9(13)4-7/h2-4,15H,5H2,1H3,(H,16,17)/b6-2-. The third kappa shape index (κ3) is 3.82. The zero-order valence-electron chi connectivity index (χ0n) is 8.93. The normalized spacial score (nSPS) is 11.4. The van der Waals surface area contributed by atoms with Gasteiger partial charge in [0.1, 0.15) is 0 Å². The van der Waals surface area contributed by atoms with Gasteiger partial charge in [0.05, 0.1) is 0 Å². The van der Waals surface area contributed by atoms with Crippen LogP contribution in [0.15, 0.2) is 23.8 Å². The summed E-state index contributed by atoms with van der Waals surface area (Å²) in [5, 5.41) is 11.0. The molecule has 1 rings (SSSR count). The van der Waals surface area contributed by atoms with Gasteiger partial charge in [-0.1, -0.05) is 0 Å². The van der Waals surface area contributed by atoms with Crippen LogP contribution in [0.4, 0.5) is 18.9 Å². The van der Waals surface area contributed by atoms with E-state index in [1.807, 2.05) is 0 Å². The number of carbonyl (C=O) groups is 1. The zero-order valence-corrected chi connectivity index (χ0v) is 8.93. The van der Waals surface area contributed by atoms with Gasteiger partial charge in [-0.05, 0) is 12.5 Å². The van der Waals surface area contributed by atoms with Crippen molar-refractivity contribution in [2.75, 3.05) is 11.9 Å². The van der Waals surface area contributed by atoms with E-state index in [4.69, 9.17) is 5.11 Å². The van der Waals surface area contributed by atoms with Gasteiger partial charge in [-0.15, -0.1) is 0 Å². The summed E-state index contributed by atoms with van der Waals surface area (Å²) in [6, 6.07) is 1.60. The molecule has 0 saturated carbocycles. The van der Waals surface area contributed by atoms with E-state index >= 15 is 0 Å². The molecule has 0 unspecified atom stereocenters. The quantitative estimate of drug-likeness (QED) is 0.633. The molecule has 17 heavy (non-hydrogen) atoms. The van der Waals surface area contributed by atoms with E-state index in [0.717, 1.165) is 18.2 Å². The summed E-state index contributed by atoms with van der Waals surface area (Å²) < 4.78 is 38.2. The third-order valence-electron chi connectivity index (χ3n) is 1.93. The van der Waals surface area contributed by atoms with Crippen LogP contribution in [0.3, 0.4) is 0 Å². The molecule has 0 radical (unpaired) electrons. The van der Waals surface area contributed by atoms with Crippen LogP contribution in [0.5, 0.6) is 0 Å². The van der Waals surface area contributed by atoms with Gasteiger partial charge >= 0.3 is 5.97 Å². The second kappa shape index (κ2) is 5.38. The number of hydrogen-bond acceptors (Lipinski definition) is 2. The Morgan fingerprint density at radius 1 is 1.35 bits per heavy atom. The van der Waals surface area contributed by atoms with Crippen LogP contribution in [0.25, 0.3) is 0 Å². The summed E-state index contributed by atoms with van der Waals surface area (Å²) in [4.78, 5) is 10.3. The Labute approximate surface area is 95.6 Å². The number of halogens is 3. The van der Waals surface area contributed by atoms with Crippen molar-refractivity contribution in [2.45, 2.75) is 6.92 Å².